The fourth-order valence-electron chi connectivity index (χ4n) is 8.31. The van der Waals surface area contributed by atoms with Crippen LogP contribution >= 0.6 is 0 Å². The predicted octanol–water partition coefficient (Wildman–Crippen LogP) is 12.2. The highest BCUT2D eigenvalue weighted by atomic mass is 15.2. The molecule has 0 amide bonds. The van der Waals surface area contributed by atoms with E-state index in [2.05, 4.69) is 161 Å². The number of para-hydroxylation sites is 3. The van der Waals surface area contributed by atoms with Crippen LogP contribution in [0.2, 0.25) is 0 Å². The highest BCUT2D eigenvalue weighted by molar-refractivity contribution is 6.12. The van der Waals surface area contributed by atoms with E-state index in [0.29, 0.717) is 11.6 Å². The molecule has 11 aromatic rings. The fraction of sp³-hybridized carbons (Fsp3) is 0. The quantitative estimate of drug-likeness (QED) is 0.185. The molecule has 0 spiro atoms. The summed E-state index contributed by atoms with van der Waals surface area (Å²) in [4.78, 5) is 9.69. The average molecular weight is 688 g/mol. The number of nitriles is 1. The van der Waals surface area contributed by atoms with Gasteiger partial charge in [-0.3, -0.25) is 4.57 Å². The summed E-state index contributed by atoms with van der Waals surface area (Å²) in [6, 6.07) is 64.4. The Balaban J connectivity index is 1.07. The third-order valence-electron chi connectivity index (χ3n) is 10.8. The maximum atomic E-state index is 10.0. The maximum Gasteiger partial charge on any atom is 0.236 e. The Bertz CT molecular complexity index is 3340. The highest BCUT2D eigenvalue weighted by Crippen LogP contribution is 2.39. The number of nitrogens with zero attached hydrogens (tertiary/aromatic N) is 5. The van der Waals surface area contributed by atoms with E-state index in [9.17, 15) is 5.26 Å². The van der Waals surface area contributed by atoms with Gasteiger partial charge in [-0.1, -0.05) is 121 Å². The molecule has 0 saturated heterocycles. The molecular formula is C49H29N5. The van der Waals surface area contributed by atoms with Crippen LogP contribution in [0, 0.1) is 11.3 Å². The summed E-state index contributed by atoms with van der Waals surface area (Å²) in [7, 11) is 0. The Morgan fingerprint density at radius 3 is 1.81 bits per heavy atom. The zero-order valence-corrected chi connectivity index (χ0v) is 29.0. The summed E-state index contributed by atoms with van der Waals surface area (Å²) in [5.74, 6) is 0.488. The standard InChI is InChI=1S/C49H29N5/c50-30-44-41-15-3-6-17-43(41)51-49(52-44)54-46-19-8-5-14-39(46)42-28-33(23-27-47(42)54)34-22-26-40-38-13-4-7-18-45(38)53(48(40)29-34)35-24-20-32(21-25-35)37-16-9-11-31-10-1-2-12-36(31)37/h1-29H. The van der Waals surface area contributed by atoms with Crippen LogP contribution in [0.3, 0.4) is 0 Å². The molecule has 250 valence electrons. The van der Waals surface area contributed by atoms with Gasteiger partial charge in [0.05, 0.1) is 27.6 Å². The summed E-state index contributed by atoms with van der Waals surface area (Å²) < 4.78 is 4.46. The van der Waals surface area contributed by atoms with Crippen molar-refractivity contribution in [1.82, 2.24) is 19.1 Å². The average Bonchev–Trinajstić information content (AvgIpc) is 3.75. The normalized spacial score (nSPS) is 11.7. The van der Waals surface area contributed by atoms with Gasteiger partial charge in [0.15, 0.2) is 5.69 Å². The number of benzene rings is 8. The van der Waals surface area contributed by atoms with Crippen LogP contribution in [0.25, 0.3) is 99.2 Å². The first kappa shape index (κ1) is 30.1. The van der Waals surface area contributed by atoms with Gasteiger partial charge in [0.2, 0.25) is 5.95 Å². The van der Waals surface area contributed by atoms with E-state index in [0.717, 1.165) is 55.0 Å². The monoisotopic (exact) mass is 687 g/mol. The molecule has 8 aromatic carbocycles. The number of hydrogen-bond donors (Lipinski definition) is 0. The van der Waals surface area contributed by atoms with Gasteiger partial charge in [0, 0.05) is 32.6 Å². The lowest BCUT2D eigenvalue weighted by Crippen LogP contribution is -2.03. The Morgan fingerprint density at radius 2 is 1.00 bits per heavy atom. The summed E-state index contributed by atoms with van der Waals surface area (Å²) in [6.45, 7) is 0. The molecule has 0 aliphatic rings. The van der Waals surface area contributed by atoms with Crippen molar-refractivity contribution in [1.29, 1.82) is 5.26 Å². The van der Waals surface area contributed by atoms with Crippen LogP contribution in [-0.4, -0.2) is 19.1 Å². The molecule has 3 heterocycles. The van der Waals surface area contributed by atoms with Crippen LogP contribution in [-0.2, 0) is 0 Å². The van der Waals surface area contributed by atoms with Crippen LogP contribution in [0.1, 0.15) is 5.69 Å². The van der Waals surface area contributed by atoms with Crippen molar-refractivity contribution in [3.63, 3.8) is 0 Å². The molecule has 0 radical (unpaired) electrons. The lowest BCUT2D eigenvalue weighted by molar-refractivity contribution is 1.00. The molecular weight excluding hydrogens is 659 g/mol. The summed E-state index contributed by atoms with van der Waals surface area (Å²) in [5, 5.41) is 17.9. The summed E-state index contributed by atoms with van der Waals surface area (Å²) in [6.07, 6.45) is 0. The molecule has 5 nitrogen and oxygen atoms in total. The van der Waals surface area contributed by atoms with Gasteiger partial charge in [0.25, 0.3) is 0 Å². The van der Waals surface area contributed by atoms with Crippen molar-refractivity contribution >= 4 is 65.3 Å². The van der Waals surface area contributed by atoms with Crippen molar-refractivity contribution in [3.05, 3.63) is 182 Å². The van der Waals surface area contributed by atoms with Gasteiger partial charge in [0.1, 0.15) is 6.07 Å². The number of fused-ring (bicyclic) bond motifs is 8. The van der Waals surface area contributed by atoms with Crippen molar-refractivity contribution in [2.45, 2.75) is 0 Å². The van der Waals surface area contributed by atoms with E-state index in [1.54, 1.807) is 0 Å². The molecule has 0 atom stereocenters. The molecule has 0 bridgehead atoms. The topological polar surface area (TPSA) is 59.4 Å². The van der Waals surface area contributed by atoms with E-state index in [4.69, 9.17) is 9.97 Å². The van der Waals surface area contributed by atoms with Gasteiger partial charge in [-0.25, -0.2) is 9.97 Å². The van der Waals surface area contributed by atoms with Crippen LogP contribution < -0.4 is 0 Å². The minimum Gasteiger partial charge on any atom is -0.309 e. The smallest absolute Gasteiger partial charge is 0.236 e. The zero-order chi connectivity index (χ0) is 35.8. The second-order valence-corrected chi connectivity index (χ2v) is 13.7. The predicted molar refractivity (Wildman–Crippen MR) is 221 cm³/mol. The van der Waals surface area contributed by atoms with Gasteiger partial charge < -0.3 is 4.57 Å². The lowest BCUT2D eigenvalue weighted by Gasteiger charge is -2.12. The molecule has 3 aromatic heterocycles. The Morgan fingerprint density at radius 1 is 0.407 bits per heavy atom. The molecule has 0 aliphatic carbocycles. The molecule has 11 rings (SSSR count). The van der Waals surface area contributed by atoms with Crippen LogP contribution in [0.5, 0.6) is 0 Å². The third kappa shape index (κ3) is 4.51. The van der Waals surface area contributed by atoms with E-state index < -0.39 is 0 Å². The van der Waals surface area contributed by atoms with E-state index in [1.165, 1.54) is 38.2 Å². The van der Waals surface area contributed by atoms with Gasteiger partial charge >= 0.3 is 0 Å². The van der Waals surface area contributed by atoms with E-state index in [1.807, 2.05) is 30.3 Å². The van der Waals surface area contributed by atoms with Crippen LogP contribution in [0.15, 0.2) is 176 Å². The van der Waals surface area contributed by atoms with Crippen LogP contribution in [0.4, 0.5) is 0 Å². The molecule has 0 N–H and O–H groups in total. The first-order valence-corrected chi connectivity index (χ1v) is 18.1. The highest BCUT2D eigenvalue weighted by Gasteiger charge is 2.18. The molecule has 0 aliphatic heterocycles. The van der Waals surface area contributed by atoms with Gasteiger partial charge in [-0.2, -0.15) is 5.26 Å². The van der Waals surface area contributed by atoms with Crippen molar-refractivity contribution in [2.24, 2.45) is 0 Å². The molecule has 0 unspecified atom stereocenters. The summed E-state index contributed by atoms with van der Waals surface area (Å²) >= 11 is 0. The van der Waals surface area contributed by atoms with Gasteiger partial charge in [-0.05, 0) is 87.6 Å². The molecule has 0 fully saturated rings. The van der Waals surface area contributed by atoms with E-state index >= 15 is 0 Å². The second kappa shape index (κ2) is 11.7. The minimum atomic E-state index is 0.366. The largest absolute Gasteiger partial charge is 0.309 e. The summed E-state index contributed by atoms with van der Waals surface area (Å²) in [5.41, 5.74) is 11.2. The first-order chi connectivity index (χ1) is 26.7. The Kier molecular flexibility index (Phi) is 6.55. The molecule has 5 heteroatoms. The number of aromatic nitrogens is 4. The minimum absolute atomic E-state index is 0.366. The first-order valence-electron chi connectivity index (χ1n) is 18.1. The van der Waals surface area contributed by atoms with Crippen molar-refractivity contribution < 1.29 is 0 Å². The molecule has 0 saturated carbocycles. The zero-order valence-electron chi connectivity index (χ0n) is 29.0. The maximum absolute atomic E-state index is 10.0. The third-order valence-corrected chi connectivity index (χ3v) is 10.8. The fourth-order valence-corrected chi connectivity index (χ4v) is 8.31. The van der Waals surface area contributed by atoms with Crippen molar-refractivity contribution in [3.8, 4) is 40.0 Å². The number of hydrogen-bond acceptors (Lipinski definition) is 3. The molecule has 54 heavy (non-hydrogen) atoms. The van der Waals surface area contributed by atoms with E-state index in [-0.39, 0.29) is 0 Å². The van der Waals surface area contributed by atoms with Gasteiger partial charge in [-0.15, -0.1) is 0 Å². The Labute approximate surface area is 310 Å². The number of rotatable bonds is 4. The SMILES string of the molecule is N#Cc1nc(-n2c3ccccc3c3cc(-c4ccc5c6ccccc6n(-c6ccc(-c7cccc8ccccc78)cc6)c5c4)ccc32)nc2ccccc12. The Hall–Kier alpha value is -7.55. The second-order valence-electron chi connectivity index (χ2n) is 13.7. The van der Waals surface area contributed by atoms with Crippen molar-refractivity contribution in [2.75, 3.05) is 0 Å². The lowest BCUT2D eigenvalue weighted by atomic mass is 9.98.